The molecule has 26 heavy (non-hydrogen) atoms. The molecule has 2 N–H and O–H groups in total. The number of hydrogen-bond acceptors (Lipinski definition) is 3. The third-order valence-electron chi connectivity index (χ3n) is 4.80. The fourth-order valence-electron chi connectivity index (χ4n) is 3.38. The molecule has 1 rings (SSSR count). The van der Waals surface area contributed by atoms with Crippen LogP contribution in [0.3, 0.4) is 0 Å². The second kappa shape index (κ2) is 11.9. The summed E-state index contributed by atoms with van der Waals surface area (Å²) in [6.45, 7) is 15.4. The van der Waals surface area contributed by atoms with Gasteiger partial charge in [-0.3, -0.25) is 9.67 Å². The summed E-state index contributed by atoms with van der Waals surface area (Å²) in [4.78, 5) is 6.92. The molecular formula is C20H40N6. The lowest BCUT2D eigenvalue weighted by Gasteiger charge is -2.22. The Morgan fingerprint density at radius 3 is 2.35 bits per heavy atom. The van der Waals surface area contributed by atoms with Crippen molar-refractivity contribution < 1.29 is 0 Å². The molecule has 0 fully saturated rings. The van der Waals surface area contributed by atoms with Crippen molar-refractivity contribution in [3.63, 3.8) is 0 Å². The minimum atomic E-state index is 0.305. The minimum Gasteiger partial charge on any atom is -0.356 e. The van der Waals surface area contributed by atoms with Gasteiger partial charge in [0.25, 0.3) is 0 Å². The first kappa shape index (κ1) is 22.5. The van der Waals surface area contributed by atoms with Gasteiger partial charge in [-0.15, -0.1) is 0 Å². The van der Waals surface area contributed by atoms with Crippen LogP contribution in [-0.4, -0.2) is 59.9 Å². The average molecular weight is 365 g/mol. The first-order valence-corrected chi connectivity index (χ1v) is 10.1. The summed E-state index contributed by atoms with van der Waals surface area (Å²) in [7, 11) is 3.84. The quantitative estimate of drug-likeness (QED) is 0.360. The smallest absolute Gasteiger partial charge is 0.191 e. The maximum Gasteiger partial charge on any atom is 0.191 e. The Morgan fingerprint density at radius 1 is 1.19 bits per heavy atom. The summed E-state index contributed by atoms with van der Waals surface area (Å²) in [5, 5.41) is 11.5. The zero-order chi connectivity index (χ0) is 19.5. The summed E-state index contributed by atoms with van der Waals surface area (Å²) in [5.41, 5.74) is 3.69. The monoisotopic (exact) mass is 364 g/mol. The Bertz CT molecular complexity index is 543. The highest BCUT2D eigenvalue weighted by Gasteiger charge is 2.14. The van der Waals surface area contributed by atoms with E-state index in [-0.39, 0.29) is 0 Å². The molecule has 6 nitrogen and oxygen atoms in total. The summed E-state index contributed by atoms with van der Waals surface area (Å²) in [6, 6.07) is 0.305. The van der Waals surface area contributed by atoms with Crippen molar-refractivity contribution in [3.8, 4) is 0 Å². The molecule has 1 aromatic rings. The maximum atomic E-state index is 4.51. The normalized spacial score (nSPS) is 13.3. The Hall–Kier alpha value is -1.56. The van der Waals surface area contributed by atoms with E-state index in [9.17, 15) is 0 Å². The number of aromatic nitrogens is 2. The van der Waals surface area contributed by atoms with E-state index in [2.05, 4.69) is 60.2 Å². The van der Waals surface area contributed by atoms with E-state index in [0.717, 1.165) is 37.6 Å². The SMILES string of the molecule is CCCN(CCC)CCCNC(=NC)NC(C)Cc1c(C)nn(C)c1C. The highest BCUT2D eigenvalue weighted by Crippen LogP contribution is 2.14. The molecule has 0 bridgehead atoms. The van der Waals surface area contributed by atoms with E-state index in [1.54, 1.807) is 0 Å². The molecule has 0 aliphatic heterocycles. The molecular weight excluding hydrogens is 324 g/mol. The molecule has 0 aliphatic rings. The van der Waals surface area contributed by atoms with Gasteiger partial charge in [0.15, 0.2) is 5.96 Å². The molecule has 1 aromatic heterocycles. The van der Waals surface area contributed by atoms with Crippen molar-refractivity contribution in [1.82, 2.24) is 25.3 Å². The number of aliphatic imine (C=N–C) groups is 1. The van der Waals surface area contributed by atoms with Crippen LogP contribution in [0, 0.1) is 13.8 Å². The van der Waals surface area contributed by atoms with Gasteiger partial charge in [-0.2, -0.15) is 5.10 Å². The van der Waals surface area contributed by atoms with E-state index in [0.29, 0.717) is 6.04 Å². The number of guanidine groups is 1. The minimum absolute atomic E-state index is 0.305. The highest BCUT2D eigenvalue weighted by atomic mass is 15.3. The Labute approximate surface area is 160 Å². The van der Waals surface area contributed by atoms with Crippen LogP contribution in [0.25, 0.3) is 0 Å². The van der Waals surface area contributed by atoms with Crippen LogP contribution < -0.4 is 10.6 Å². The van der Waals surface area contributed by atoms with Crippen LogP contribution in [0.5, 0.6) is 0 Å². The predicted octanol–water partition coefficient (Wildman–Crippen LogP) is 2.65. The fourth-order valence-corrected chi connectivity index (χ4v) is 3.38. The molecule has 0 radical (unpaired) electrons. The largest absolute Gasteiger partial charge is 0.356 e. The predicted molar refractivity (Wildman–Crippen MR) is 112 cm³/mol. The average Bonchev–Trinajstić information content (AvgIpc) is 2.84. The second-order valence-electron chi connectivity index (χ2n) is 7.22. The molecule has 0 saturated carbocycles. The molecule has 0 spiro atoms. The molecule has 0 amide bonds. The summed E-state index contributed by atoms with van der Waals surface area (Å²) in [6.07, 6.45) is 4.53. The fraction of sp³-hybridized carbons (Fsp3) is 0.800. The van der Waals surface area contributed by atoms with Crippen LogP contribution in [-0.2, 0) is 13.5 Å². The third-order valence-corrected chi connectivity index (χ3v) is 4.80. The Balaban J connectivity index is 2.40. The molecule has 1 unspecified atom stereocenters. The molecule has 1 atom stereocenters. The Kier molecular flexibility index (Phi) is 10.3. The first-order chi connectivity index (χ1) is 12.4. The summed E-state index contributed by atoms with van der Waals surface area (Å²) < 4.78 is 1.96. The zero-order valence-corrected chi connectivity index (χ0v) is 18.0. The van der Waals surface area contributed by atoms with Crippen molar-refractivity contribution in [3.05, 3.63) is 17.0 Å². The maximum absolute atomic E-state index is 4.51. The number of hydrogen-bond donors (Lipinski definition) is 2. The number of nitrogens with zero attached hydrogens (tertiary/aromatic N) is 4. The Morgan fingerprint density at radius 2 is 1.85 bits per heavy atom. The highest BCUT2D eigenvalue weighted by molar-refractivity contribution is 5.79. The summed E-state index contributed by atoms with van der Waals surface area (Å²) in [5.74, 6) is 0.884. The lowest BCUT2D eigenvalue weighted by atomic mass is 10.1. The molecule has 150 valence electrons. The third kappa shape index (κ3) is 7.36. The second-order valence-corrected chi connectivity index (χ2v) is 7.22. The van der Waals surface area contributed by atoms with E-state index in [1.807, 2.05) is 18.8 Å². The topological polar surface area (TPSA) is 57.5 Å². The van der Waals surface area contributed by atoms with Crippen molar-refractivity contribution in [1.29, 1.82) is 0 Å². The standard InChI is InChI=1S/C20H40N6/c1-8-12-26(13-9-2)14-10-11-22-20(21-6)23-16(3)15-19-17(4)24-25(7)18(19)5/h16H,8-15H2,1-7H3,(H2,21,22,23). The number of aryl methyl sites for hydroxylation is 2. The molecule has 0 aliphatic carbocycles. The van der Waals surface area contributed by atoms with Crippen molar-refractivity contribution >= 4 is 5.96 Å². The van der Waals surface area contributed by atoms with Crippen LogP contribution in [0.4, 0.5) is 0 Å². The molecule has 0 saturated heterocycles. The molecule has 6 heteroatoms. The van der Waals surface area contributed by atoms with Gasteiger partial charge in [0.1, 0.15) is 0 Å². The van der Waals surface area contributed by atoms with Gasteiger partial charge >= 0.3 is 0 Å². The van der Waals surface area contributed by atoms with Crippen molar-refractivity contribution in [2.75, 3.05) is 33.2 Å². The van der Waals surface area contributed by atoms with Crippen LogP contribution in [0.2, 0.25) is 0 Å². The van der Waals surface area contributed by atoms with E-state index >= 15 is 0 Å². The van der Waals surface area contributed by atoms with E-state index in [4.69, 9.17) is 0 Å². The van der Waals surface area contributed by atoms with Crippen LogP contribution in [0.1, 0.15) is 57.0 Å². The van der Waals surface area contributed by atoms with Crippen LogP contribution in [0.15, 0.2) is 4.99 Å². The van der Waals surface area contributed by atoms with Gasteiger partial charge in [-0.05, 0) is 71.7 Å². The van der Waals surface area contributed by atoms with Gasteiger partial charge in [0.2, 0.25) is 0 Å². The van der Waals surface area contributed by atoms with Crippen LogP contribution >= 0.6 is 0 Å². The number of nitrogens with one attached hydrogen (secondary N) is 2. The number of rotatable bonds is 11. The van der Waals surface area contributed by atoms with Gasteiger partial charge in [-0.1, -0.05) is 13.8 Å². The van der Waals surface area contributed by atoms with Crippen molar-refractivity contribution in [2.24, 2.45) is 12.0 Å². The molecule has 1 heterocycles. The van der Waals surface area contributed by atoms with Gasteiger partial charge < -0.3 is 15.5 Å². The van der Waals surface area contributed by atoms with Gasteiger partial charge in [0.05, 0.1) is 5.69 Å². The molecule has 0 aromatic carbocycles. The van der Waals surface area contributed by atoms with E-state index < -0.39 is 0 Å². The van der Waals surface area contributed by atoms with E-state index in [1.165, 1.54) is 37.2 Å². The van der Waals surface area contributed by atoms with Gasteiger partial charge in [-0.25, -0.2) is 0 Å². The first-order valence-electron chi connectivity index (χ1n) is 10.1. The zero-order valence-electron chi connectivity index (χ0n) is 18.0. The lowest BCUT2D eigenvalue weighted by Crippen LogP contribution is -2.44. The van der Waals surface area contributed by atoms with Gasteiger partial charge in [0, 0.05) is 32.4 Å². The lowest BCUT2D eigenvalue weighted by molar-refractivity contribution is 0.271. The summed E-state index contributed by atoms with van der Waals surface area (Å²) >= 11 is 0. The van der Waals surface area contributed by atoms with Crippen molar-refractivity contribution in [2.45, 2.75) is 66.3 Å².